The van der Waals surface area contributed by atoms with Crippen molar-refractivity contribution in [3.8, 4) is 5.69 Å². The lowest BCUT2D eigenvalue weighted by Crippen LogP contribution is -2.30. The highest BCUT2D eigenvalue weighted by atomic mass is 35.5. The maximum absolute atomic E-state index is 12.4. The normalized spacial score (nSPS) is 16.7. The van der Waals surface area contributed by atoms with Crippen molar-refractivity contribution in [2.75, 3.05) is 19.6 Å². The van der Waals surface area contributed by atoms with E-state index in [4.69, 9.17) is 5.73 Å². The number of amides is 1. The van der Waals surface area contributed by atoms with Crippen LogP contribution in [0.1, 0.15) is 16.9 Å². The number of likely N-dealkylation sites (tertiary alicyclic amines) is 1. The van der Waals surface area contributed by atoms with Gasteiger partial charge in [-0.2, -0.15) is 5.10 Å². The van der Waals surface area contributed by atoms with Crippen molar-refractivity contribution in [1.82, 2.24) is 14.7 Å². The van der Waals surface area contributed by atoms with Gasteiger partial charge in [-0.25, -0.2) is 4.68 Å². The van der Waals surface area contributed by atoms with Crippen LogP contribution in [-0.4, -0.2) is 45.1 Å². The number of hydrogen-bond donors (Lipinski definition) is 1. The van der Waals surface area contributed by atoms with Crippen LogP contribution >= 0.6 is 12.4 Å². The third-order valence-electron chi connectivity index (χ3n) is 4.04. The molecule has 0 bridgehead atoms. The van der Waals surface area contributed by atoms with E-state index in [9.17, 15) is 14.9 Å². The third-order valence-corrected chi connectivity index (χ3v) is 4.04. The van der Waals surface area contributed by atoms with Gasteiger partial charge >= 0.3 is 0 Å². The summed E-state index contributed by atoms with van der Waals surface area (Å²) < 4.78 is 1.54. The smallest absolute Gasteiger partial charge is 0.274 e. The Hall–Kier alpha value is -2.45. The molecule has 1 atom stereocenters. The molecule has 1 fully saturated rings. The maximum atomic E-state index is 12.4. The molecule has 0 radical (unpaired) electrons. The van der Waals surface area contributed by atoms with Crippen LogP contribution in [0.15, 0.2) is 36.5 Å². The van der Waals surface area contributed by atoms with E-state index in [2.05, 4.69) is 5.10 Å². The van der Waals surface area contributed by atoms with Crippen molar-refractivity contribution in [1.29, 1.82) is 0 Å². The molecule has 3 rings (SSSR count). The van der Waals surface area contributed by atoms with Gasteiger partial charge in [0.25, 0.3) is 11.6 Å². The quantitative estimate of drug-likeness (QED) is 0.665. The summed E-state index contributed by atoms with van der Waals surface area (Å²) in [4.78, 5) is 24.4. The predicted octanol–water partition coefficient (Wildman–Crippen LogP) is 1.62. The summed E-state index contributed by atoms with van der Waals surface area (Å²) in [6.07, 6.45) is 2.59. The van der Waals surface area contributed by atoms with E-state index in [-0.39, 0.29) is 24.0 Å². The number of nitrogens with zero attached hydrogens (tertiary/aromatic N) is 4. The van der Waals surface area contributed by atoms with E-state index in [1.807, 2.05) is 0 Å². The molecule has 24 heavy (non-hydrogen) atoms. The van der Waals surface area contributed by atoms with Crippen LogP contribution in [0.3, 0.4) is 0 Å². The van der Waals surface area contributed by atoms with Crippen LogP contribution < -0.4 is 5.73 Å². The Bertz CT molecular complexity index is 731. The second-order valence-corrected chi connectivity index (χ2v) is 5.56. The van der Waals surface area contributed by atoms with Gasteiger partial charge in [-0.15, -0.1) is 12.4 Å². The number of non-ortho nitro benzene ring substituents is 1. The Morgan fingerprint density at radius 3 is 2.62 bits per heavy atom. The van der Waals surface area contributed by atoms with Crippen molar-refractivity contribution in [3.63, 3.8) is 0 Å². The molecule has 9 heteroatoms. The van der Waals surface area contributed by atoms with Crippen molar-refractivity contribution >= 4 is 24.0 Å². The number of carbonyl (C=O) groups excluding carboxylic acids is 1. The van der Waals surface area contributed by atoms with E-state index in [1.54, 1.807) is 29.3 Å². The topological polar surface area (TPSA) is 107 Å². The Morgan fingerprint density at radius 1 is 1.33 bits per heavy atom. The molecule has 1 aromatic heterocycles. The molecule has 8 nitrogen and oxygen atoms in total. The first kappa shape index (κ1) is 17.9. The number of halogens is 1. The second kappa shape index (κ2) is 7.41. The van der Waals surface area contributed by atoms with Crippen molar-refractivity contribution in [2.24, 2.45) is 11.7 Å². The van der Waals surface area contributed by atoms with Crippen molar-refractivity contribution in [2.45, 2.75) is 6.42 Å². The van der Waals surface area contributed by atoms with E-state index in [1.165, 1.54) is 16.8 Å². The number of rotatable bonds is 4. The summed E-state index contributed by atoms with van der Waals surface area (Å²) in [5.74, 6) is 0.248. The zero-order valence-corrected chi connectivity index (χ0v) is 13.7. The standard InChI is InChI=1S/C15H17N5O3.ClH/c16-9-11-5-7-18(10-11)15(21)14-6-8-19(17-14)12-1-3-13(4-2-12)20(22)23;/h1-4,6,8,11H,5,7,9-10,16H2;1H. The molecule has 1 aliphatic rings. The average Bonchev–Trinajstić information content (AvgIpc) is 3.23. The average molecular weight is 352 g/mol. The van der Waals surface area contributed by atoms with Crippen LogP contribution in [0, 0.1) is 16.0 Å². The fourth-order valence-corrected chi connectivity index (χ4v) is 2.68. The van der Waals surface area contributed by atoms with Crippen LogP contribution in [0.4, 0.5) is 5.69 Å². The molecule has 2 N–H and O–H groups in total. The summed E-state index contributed by atoms with van der Waals surface area (Å²) in [5.41, 5.74) is 6.68. The Balaban J connectivity index is 0.00000208. The van der Waals surface area contributed by atoms with E-state index in [0.717, 1.165) is 6.42 Å². The minimum absolute atomic E-state index is 0. The Labute approximate surface area is 144 Å². The van der Waals surface area contributed by atoms with Gasteiger partial charge in [-0.05, 0) is 37.1 Å². The van der Waals surface area contributed by atoms with E-state index in [0.29, 0.717) is 36.9 Å². The number of nitro benzene ring substituents is 1. The highest BCUT2D eigenvalue weighted by Crippen LogP contribution is 2.18. The summed E-state index contributed by atoms with van der Waals surface area (Å²) >= 11 is 0. The molecule has 0 aliphatic carbocycles. The fourth-order valence-electron chi connectivity index (χ4n) is 2.68. The minimum Gasteiger partial charge on any atom is -0.337 e. The zero-order chi connectivity index (χ0) is 16.4. The van der Waals surface area contributed by atoms with Crippen LogP contribution in [0.2, 0.25) is 0 Å². The molecule has 1 saturated heterocycles. The van der Waals surface area contributed by atoms with Gasteiger partial charge in [-0.3, -0.25) is 14.9 Å². The molecular formula is C15H18ClN5O3. The fraction of sp³-hybridized carbons (Fsp3) is 0.333. The van der Waals surface area contributed by atoms with Gasteiger partial charge in [0, 0.05) is 31.4 Å². The van der Waals surface area contributed by atoms with Gasteiger partial charge in [-0.1, -0.05) is 0 Å². The number of aromatic nitrogens is 2. The Morgan fingerprint density at radius 2 is 2.04 bits per heavy atom. The molecule has 1 unspecified atom stereocenters. The van der Waals surface area contributed by atoms with E-state index < -0.39 is 4.92 Å². The van der Waals surface area contributed by atoms with Gasteiger partial charge in [0.2, 0.25) is 0 Å². The SMILES string of the molecule is Cl.NCC1CCN(C(=O)c2ccn(-c3ccc([N+](=O)[O-])cc3)n2)C1. The predicted molar refractivity (Wildman–Crippen MR) is 90.5 cm³/mol. The van der Waals surface area contributed by atoms with E-state index >= 15 is 0 Å². The first-order valence-electron chi connectivity index (χ1n) is 7.38. The van der Waals surface area contributed by atoms with Crippen LogP contribution in [0.25, 0.3) is 5.69 Å². The molecule has 1 amide bonds. The molecular weight excluding hydrogens is 334 g/mol. The van der Waals surface area contributed by atoms with Crippen molar-refractivity contribution in [3.05, 3.63) is 52.3 Å². The molecule has 1 aromatic carbocycles. The van der Waals surface area contributed by atoms with Crippen LogP contribution in [-0.2, 0) is 0 Å². The maximum Gasteiger partial charge on any atom is 0.274 e. The van der Waals surface area contributed by atoms with Gasteiger partial charge in [0.05, 0.1) is 10.6 Å². The lowest BCUT2D eigenvalue weighted by molar-refractivity contribution is -0.384. The first-order valence-corrected chi connectivity index (χ1v) is 7.38. The number of nitrogens with two attached hydrogens (primary N) is 1. The summed E-state index contributed by atoms with van der Waals surface area (Å²) in [5, 5.41) is 14.9. The minimum atomic E-state index is -0.455. The molecule has 2 aromatic rings. The molecule has 0 saturated carbocycles. The highest BCUT2D eigenvalue weighted by molar-refractivity contribution is 5.92. The number of carbonyl (C=O) groups is 1. The number of benzene rings is 1. The van der Waals surface area contributed by atoms with Gasteiger partial charge in [0.15, 0.2) is 5.69 Å². The Kier molecular flexibility index (Phi) is 5.53. The zero-order valence-electron chi connectivity index (χ0n) is 12.9. The molecule has 0 spiro atoms. The third kappa shape index (κ3) is 3.55. The van der Waals surface area contributed by atoms with Crippen LogP contribution in [0.5, 0.6) is 0 Å². The summed E-state index contributed by atoms with van der Waals surface area (Å²) in [6, 6.07) is 7.66. The highest BCUT2D eigenvalue weighted by Gasteiger charge is 2.27. The monoisotopic (exact) mass is 351 g/mol. The molecule has 1 aliphatic heterocycles. The number of hydrogen-bond acceptors (Lipinski definition) is 5. The summed E-state index contributed by atoms with van der Waals surface area (Å²) in [6.45, 7) is 1.95. The number of nitro groups is 1. The first-order chi connectivity index (χ1) is 11.1. The van der Waals surface area contributed by atoms with Gasteiger partial charge < -0.3 is 10.6 Å². The summed E-state index contributed by atoms with van der Waals surface area (Å²) in [7, 11) is 0. The second-order valence-electron chi connectivity index (χ2n) is 5.56. The van der Waals surface area contributed by atoms with Gasteiger partial charge in [0.1, 0.15) is 0 Å². The van der Waals surface area contributed by atoms with Crippen molar-refractivity contribution < 1.29 is 9.72 Å². The molecule has 2 heterocycles. The largest absolute Gasteiger partial charge is 0.337 e. The lowest BCUT2D eigenvalue weighted by Gasteiger charge is -2.14. The lowest BCUT2D eigenvalue weighted by atomic mass is 10.1. The molecule has 128 valence electrons.